The molecule has 26 heavy (non-hydrogen) atoms. The van der Waals surface area contributed by atoms with Gasteiger partial charge in [-0.3, -0.25) is 9.69 Å². The van der Waals surface area contributed by atoms with Crippen molar-refractivity contribution in [2.24, 2.45) is 0 Å². The molecule has 1 amide bonds. The smallest absolute Gasteiger partial charge is 0.262 e. The molecule has 4 heteroatoms. The van der Waals surface area contributed by atoms with Gasteiger partial charge in [0.05, 0.1) is 0 Å². The van der Waals surface area contributed by atoms with E-state index in [1.165, 1.54) is 36.0 Å². The first-order valence-corrected chi connectivity index (χ1v) is 9.63. The number of benzene rings is 2. The minimum absolute atomic E-state index is 0.0385. The maximum absolute atomic E-state index is 12.4. The summed E-state index contributed by atoms with van der Waals surface area (Å²) >= 11 is 0. The standard InChI is InChI=1S/C22H26N2O2/c25-22(16-26-20-11-10-17-7-5-8-18(17)14-20)23-21-9-2-1-6-19(21)15-24-12-3-4-13-24/h1-2,6,9-11,14H,3-5,7-8,12-13,15-16H2,(H,23,25). The number of nitrogens with zero attached hydrogens (tertiary/aromatic N) is 1. The number of carbonyl (C=O) groups excluding carboxylic acids is 1. The van der Waals surface area contributed by atoms with E-state index in [-0.39, 0.29) is 12.5 Å². The van der Waals surface area contributed by atoms with Gasteiger partial charge in [0.25, 0.3) is 5.91 Å². The fourth-order valence-corrected chi connectivity index (χ4v) is 3.93. The molecule has 0 unspecified atom stereocenters. The van der Waals surface area contributed by atoms with Gasteiger partial charge in [0.2, 0.25) is 0 Å². The van der Waals surface area contributed by atoms with Crippen molar-refractivity contribution in [1.29, 1.82) is 0 Å². The fraction of sp³-hybridized carbons (Fsp3) is 0.409. The topological polar surface area (TPSA) is 41.6 Å². The Bertz CT molecular complexity index is 781. The molecule has 2 aromatic rings. The van der Waals surface area contributed by atoms with Gasteiger partial charge in [0, 0.05) is 12.2 Å². The van der Waals surface area contributed by atoms with Gasteiger partial charge in [-0.2, -0.15) is 0 Å². The van der Waals surface area contributed by atoms with Gasteiger partial charge in [-0.1, -0.05) is 24.3 Å². The predicted octanol–water partition coefficient (Wildman–Crippen LogP) is 3.79. The zero-order valence-corrected chi connectivity index (χ0v) is 15.2. The summed E-state index contributed by atoms with van der Waals surface area (Å²) in [4.78, 5) is 14.8. The summed E-state index contributed by atoms with van der Waals surface area (Å²) in [6, 6.07) is 14.2. The summed E-state index contributed by atoms with van der Waals surface area (Å²) in [5, 5.41) is 3.02. The molecule has 4 nitrogen and oxygen atoms in total. The van der Waals surface area contributed by atoms with Crippen molar-refractivity contribution in [3.05, 3.63) is 59.2 Å². The van der Waals surface area contributed by atoms with Crippen LogP contribution < -0.4 is 10.1 Å². The molecular formula is C22H26N2O2. The van der Waals surface area contributed by atoms with E-state index in [0.717, 1.165) is 43.9 Å². The van der Waals surface area contributed by atoms with E-state index in [2.05, 4.69) is 28.4 Å². The van der Waals surface area contributed by atoms with Gasteiger partial charge in [0.15, 0.2) is 6.61 Å². The van der Waals surface area contributed by atoms with E-state index >= 15 is 0 Å². The summed E-state index contributed by atoms with van der Waals surface area (Å²) in [7, 11) is 0. The number of anilines is 1. The number of carbonyl (C=O) groups is 1. The Hall–Kier alpha value is -2.33. The number of nitrogens with one attached hydrogen (secondary N) is 1. The second kappa shape index (κ2) is 7.92. The predicted molar refractivity (Wildman–Crippen MR) is 104 cm³/mol. The number of hydrogen-bond donors (Lipinski definition) is 1. The largest absolute Gasteiger partial charge is 0.484 e. The highest BCUT2D eigenvalue weighted by atomic mass is 16.5. The Labute approximate surface area is 155 Å². The maximum Gasteiger partial charge on any atom is 0.262 e. The average molecular weight is 350 g/mol. The van der Waals surface area contributed by atoms with Gasteiger partial charge in [-0.05, 0) is 80.1 Å². The van der Waals surface area contributed by atoms with Gasteiger partial charge >= 0.3 is 0 Å². The van der Waals surface area contributed by atoms with Crippen molar-refractivity contribution >= 4 is 11.6 Å². The summed E-state index contributed by atoms with van der Waals surface area (Å²) < 4.78 is 5.72. The molecule has 0 aromatic heterocycles. The normalized spacial score (nSPS) is 16.5. The van der Waals surface area contributed by atoms with Gasteiger partial charge < -0.3 is 10.1 Å². The lowest BCUT2D eigenvalue weighted by Crippen LogP contribution is -2.23. The van der Waals surface area contributed by atoms with E-state index in [1.807, 2.05) is 24.3 Å². The molecule has 0 bridgehead atoms. The van der Waals surface area contributed by atoms with Gasteiger partial charge in [-0.25, -0.2) is 0 Å². The van der Waals surface area contributed by atoms with Crippen molar-refractivity contribution in [2.45, 2.75) is 38.6 Å². The average Bonchev–Trinajstić information content (AvgIpc) is 3.32. The first-order chi connectivity index (χ1) is 12.8. The zero-order chi connectivity index (χ0) is 17.8. The summed E-state index contributed by atoms with van der Waals surface area (Å²) in [5.41, 5.74) is 4.83. The van der Waals surface area contributed by atoms with E-state index in [0.29, 0.717) is 0 Å². The lowest BCUT2D eigenvalue weighted by Gasteiger charge is -2.18. The molecule has 2 aliphatic rings. The van der Waals surface area contributed by atoms with Crippen LogP contribution in [0, 0.1) is 0 Å². The number of ether oxygens (including phenoxy) is 1. The molecule has 136 valence electrons. The molecule has 1 aliphatic heterocycles. The Balaban J connectivity index is 1.34. The Morgan fingerprint density at radius 1 is 1.00 bits per heavy atom. The van der Waals surface area contributed by atoms with Gasteiger partial charge in [0.1, 0.15) is 5.75 Å². The second-order valence-corrected chi connectivity index (χ2v) is 7.26. The lowest BCUT2D eigenvalue weighted by molar-refractivity contribution is -0.118. The number of aryl methyl sites for hydroxylation is 2. The minimum Gasteiger partial charge on any atom is -0.484 e. The van der Waals surface area contributed by atoms with Crippen LogP contribution in [-0.2, 0) is 24.2 Å². The van der Waals surface area contributed by atoms with Crippen LogP contribution in [0.4, 0.5) is 5.69 Å². The molecule has 4 rings (SSSR count). The molecule has 2 aromatic carbocycles. The Kier molecular flexibility index (Phi) is 5.21. The third kappa shape index (κ3) is 4.07. The summed E-state index contributed by atoms with van der Waals surface area (Å²) in [5.74, 6) is 0.672. The molecule has 1 fully saturated rings. The Morgan fingerprint density at radius 2 is 1.81 bits per heavy atom. The first kappa shape index (κ1) is 17.1. The number of likely N-dealkylation sites (tertiary alicyclic amines) is 1. The Morgan fingerprint density at radius 3 is 2.69 bits per heavy atom. The molecule has 0 spiro atoms. The first-order valence-electron chi connectivity index (χ1n) is 9.63. The highest BCUT2D eigenvalue weighted by molar-refractivity contribution is 5.92. The molecule has 1 aliphatic carbocycles. The van der Waals surface area contributed by atoms with Crippen LogP contribution in [0.25, 0.3) is 0 Å². The highest BCUT2D eigenvalue weighted by Crippen LogP contribution is 2.26. The molecular weight excluding hydrogens is 324 g/mol. The van der Waals surface area contributed by atoms with Crippen molar-refractivity contribution in [1.82, 2.24) is 4.90 Å². The van der Waals surface area contributed by atoms with Crippen molar-refractivity contribution < 1.29 is 9.53 Å². The number of para-hydroxylation sites is 1. The quantitative estimate of drug-likeness (QED) is 0.862. The van der Waals surface area contributed by atoms with Crippen molar-refractivity contribution in [3.63, 3.8) is 0 Å². The molecule has 1 heterocycles. The van der Waals surface area contributed by atoms with E-state index < -0.39 is 0 Å². The van der Waals surface area contributed by atoms with Crippen LogP contribution in [0.1, 0.15) is 36.0 Å². The van der Waals surface area contributed by atoms with Crippen LogP contribution in [0.3, 0.4) is 0 Å². The van der Waals surface area contributed by atoms with Crippen LogP contribution >= 0.6 is 0 Å². The van der Waals surface area contributed by atoms with Crippen molar-refractivity contribution in [3.8, 4) is 5.75 Å². The molecule has 0 saturated carbocycles. The van der Waals surface area contributed by atoms with Crippen LogP contribution in [-0.4, -0.2) is 30.5 Å². The monoisotopic (exact) mass is 350 g/mol. The van der Waals surface area contributed by atoms with Crippen LogP contribution in [0.2, 0.25) is 0 Å². The molecule has 0 atom stereocenters. The van der Waals surface area contributed by atoms with Gasteiger partial charge in [-0.15, -0.1) is 0 Å². The van der Waals surface area contributed by atoms with Crippen LogP contribution in [0.15, 0.2) is 42.5 Å². The van der Waals surface area contributed by atoms with E-state index in [4.69, 9.17) is 4.74 Å². The fourth-order valence-electron chi connectivity index (χ4n) is 3.93. The zero-order valence-electron chi connectivity index (χ0n) is 15.2. The molecule has 0 radical (unpaired) electrons. The number of fused-ring (bicyclic) bond motifs is 1. The highest BCUT2D eigenvalue weighted by Gasteiger charge is 2.15. The SMILES string of the molecule is O=C(COc1ccc2c(c1)CCC2)Nc1ccccc1CN1CCCC1. The molecule has 1 N–H and O–H groups in total. The summed E-state index contributed by atoms with van der Waals surface area (Å²) in [6.07, 6.45) is 6.02. The van der Waals surface area contributed by atoms with E-state index in [1.54, 1.807) is 0 Å². The van der Waals surface area contributed by atoms with Crippen molar-refractivity contribution in [2.75, 3.05) is 25.0 Å². The third-order valence-electron chi connectivity index (χ3n) is 5.32. The number of hydrogen-bond acceptors (Lipinski definition) is 3. The molecule has 1 saturated heterocycles. The number of rotatable bonds is 6. The third-order valence-corrected chi connectivity index (χ3v) is 5.32. The maximum atomic E-state index is 12.4. The second-order valence-electron chi connectivity index (χ2n) is 7.26. The summed E-state index contributed by atoms with van der Waals surface area (Å²) in [6.45, 7) is 3.21. The number of amides is 1. The van der Waals surface area contributed by atoms with E-state index in [9.17, 15) is 4.79 Å². The lowest BCUT2D eigenvalue weighted by atomic mass is 10.1. The van der Waals surface area contributed by atoms with Crippen LogP contribution in [0.5, 0.6) is 5.75 Å². The minimum atomic E-state index is -0.112.